The second-order valence-electron chi connectivity index (χ2n) is 5.54. The Hall–Kier alpha value is -2.75. The first-order valence-corrected chi connectivity index (χ1v) is 8.80. The number of benzene rings is 1. The molecule has 0 aliphatic carbocycles. The standard InChI is InChI=1S/C17H15F3N4O2S/c1-26-13-4-2-3-11(7-13)8-21-15(25)10-27-16-23-22-14-6-5-12(9-24(14)16)17(18,19)20/h2-7,9H,8,10H2,1H3,(H,21,25). The first kappa shape index (κ1) is 19.0. The molecule has 0 saturated heterocycles. The third-order valence-electron chi connectivity index (χ3n) is 3.65. The zero-order valence-corrected chi connectivity index (χ0v) is 15.0. The molecule has 0 atom stereocenters. The van der Waals surface area contributed by atoms with Gasteiger partial charge in [0.1, 0.15) is 5.75 Å². The number of rotatable bonds is 6. The molecule has 1 aromatic carbocycles. The van der Waals surface area contributed by atoms with E-state index in [9.17, 15) is 18.0 Å². The number of carbonyl (C=O) groups is 1. The summed E-state index contributed by atoms with van der Waals surface area (Å²) >= 11 is 1.01. The van der Waals surface area contributed by atoms with Crippen LogP contribution in [0.15, 0.2) is 47.8 Å². The average molecular weight is 396 g/mol. The number of aromatic nitrogens is 3. The molecular formula is C17H15F3N4O2S. The quantitative estimate of drug-likeness (QED) is 0.649. The predicted molar refractivity (Wildman–Crippen MR) is 93.6 cm³/mol. The Kier molecular flexibility index (Phi) is 5.54. The van der Waals surface area contributed by atoms with E-state index in [4.69, 9.17) is 4.74 Å². The molecular weight excluding hydrogens is 381 g/mol. The Bertz CT molecular complexity index is 959. The molecule has 0 fully saturated rings. The third-order valence-corrected chi connectivity index (χ3v) is 4.60. The van der Waals surface area contributed by atoms with Gasteiger partial charge in [-0.2, -0.15) is 13.2 Å². The minimum atomic E-state index is -4.46. The van der Waals surface area contributed by atoms with Gasteiger partial charge in [0.15, 0.2) is 10.8 Å². The summed E-state index contributed by atoms with van der Waals surface area (Å²) in [4.78, 5) is 12.0. The van der Waals surface area contributed by atoms with Crippen molar-refractivity contribution in [1.82, 2.24) is 19.9 Å². The van der Waals surface area contributed by atoms with Crippen LogP contribution in [0.2, 0.25) is 0 Å². The first-order chi connectivity index (χ1) is 12.9. The summed E-state index contributed by atoms with van der Waals surface area (Å²) in [6, 6.07) is 9.45. The van der Waals surface area contributed by atoms with Gasteiger partial charge in [-0.15, -0.1) is 10.2 Å². The molecule has 0 aliphatic rings. The van der Waals surface area contributed by atoms with Crippen molar-refractivity contribution in [2.75, 3.05) is 12.9 Å². The summed E-state index contributed by atoms with van der Waals surface area (Å²) in [6.07, 6.45) is -3.54. The van der Waals surface area contributed by atoms with Crippen LogP contribution in [-0.4, -0.2) is 33.4 Å². The lowest BCUT2D eigenvalue weighted by molar-refractivity contribution is -0.137. The van der Waals surface area contributed by atoms with Crippen LogP contribution >= 0.6 is 11.8 Å². The van der Waals surface area contributed by atoms with Gasteiger partial charge < -0.3 is 10.1 Å². The number of alkyl halides is 3. The van der Waals surface area contributed by atoms with Crippen LogP contribution in [0.5, 0.6) is 5.75 Å². The second kappa shape index (κ2) is 7.87. The number of nitrogens with one attached hydrogen (secondary N) is 1. The molecule has 142 valence electrons. The zero-order chi connectivity index (χ0) is 19.4. The molecule has 1 N–H and O–H groups in total. The maximum Gasteiger partial charge on any atom is 0.417 e. The monoisotopic (exact) mass is 396 g/mol. The van der Waals surface area contributed by atoms with Crippen LogP contribution in [0.25, 0.3) is 5.65 Å². The van der Waals surface area contributed by atoms with E-state index in [0.29, 0.717) is 12.3 Å². The van der Waals surface area contributed by atoms with Crippen molar-refractivity contribution in [2.24, 2.45) is 0 Å². The van der Waals surface area contributed by atoms with Crippen molar-refractivity contribution in [3.8, 4) is 5.75 Å². The molecule has 1 amide bonds. The number of hydrogen-bond acceptors (Lipinski definition) is 5. The number of methoxy groups -OCH3 is 1. The van der Waals surface area contributed by atoms with Gasteiger partial charge in [0.05, 0.1) is 18.4 Å². The number of hydrogen-bond donors (Lipinski definition) is 1. The number of nitrogens with zero attached hydrogens (tertiary/aromatic N) is 3. The minimum absolute atomic E-state index is 0.000999. The summed E-state index contributed by atoms with van der Waals surface area (Å²) in [5.74, 6) is 0.416. The average Bonchev–Trinajstić information content (AvgIpc) is 3.06. The van der Waals surface area contributed by atoms with Crippen molar-refractivity contribution >= 4 is 23.3 Å². The number of fused-ring (bicyclic) bond motifs is 1. The van der Waals surface area contributed by atoms with Crippen LogP contribution in [0.4, 0.5) is 13.2 Å². The van der Waals surface area contributed by atoms with Gasteiger partial charge >= 0.3 is 6.18 Å². The maximum absolute atomic E-state index is 12.8. The van der Waals surface area contributed by atoms with E-state index in [1.54, 1.807) is 19.2 Å². The summed E-state index contributed by atoms with van der Waals surface area (Å²) in [6.45, 7) is 0.315. The summed E-state index contributed by atoms with van der Waals surface area (Å²) < 4.78 is 44.9. The fourth-order valence-corrected chi connectivity index (χ4v) is 3.05. The number of carbonyl (C=O) groups excluding carboxylic acids is 1. The highest BCUT2D eigenvalue weighted by molar-refractivity contribution is 7.99. The van der Waals surface area contributed by atoms with E-state index in [2.05, 4.69) is 15.5 Å². The van der Waals surface area contributed by atoms with Crippen molar-refractivity contribution in [2.45, 2.75) is 17.9 Å². The largest absolute Gasteiger partial charge is 0.497 e. The van der Waals surface area contributed by atoms with Gasteiger partial charge in [-0.25, -0.2) is 0 Å². The van der Waals surface area contributed by atoms with E-state index in [-0.39, 0.29) is 22.5 Å². The molecule has 3 aromatic rings. The second-order valence-corrected chi connectivity index (χ2v) is 6.49. The van der Waals surface area contributed by atoms with E-state index in [0.717, 1.165) is 29.6 Å². The lowest BCUT2D eigenvalue weighted by Crippen LogP contribution is -2.24. The fourth-order valence-electron chi connectivity index (χ4n) is 2.30. The molecule has 0 saturated carbocycles. The van der Waals surface area contributed by atoms with Crippen LogP contribution < -0.4 is 10.1 Å². The van der Waals surface area contributed by atoms with Crippen molar-refractivity contribution in [3.63, 3.8) is 0 Å². The minimum Gasteiger partial charge on any atom is -0.497 e. The van der Waals surface area contributed by atoms with Crippen LogP contribution in [0.3, 0.4) is 0 Å². The SMILES string of the molecule is COc1cccc(CNC(=O)CSc2nnc3ccc(C(F)(F)F)cn23)c1. The molecule has 2 heterocycles. The molecule has 0 aliphatic heterocycles. The fraction of sp³-hybridized carbons (Fsp3) is 0.235. The van der Waals surface area contributed by atoms with Gasteiger partial charge in [-0.1, -0.05) is 23.9 Å². The van der Waals surface area contributed by atoms with Gasteiger partial charge in [0.25, 0.3) is 0 Å². The number of thioether (sulfide) groups is 1. The van der Waals surface area contributed by atoms with Crippen LogP contribution in [0, 0.1) is 0 Å². The normalized spacial score (nSPS) is 11.6. The van der Waals surface area contributed by atoms with Gasteiger partial charge in [-0.05, 0) is 29.8 Å². The molecule has 0 bridgehead atoms. The van der Waals surface area contributed by atoms with Gasteiger partial charge in [0, 0.05) is 12.7 Å². The Morgan fingerprint density at radius 2 is 2.07 bits per heavy atom. The maximum atomic E-state index is 12.8. The number of ether oxygens (including phenoxy) is 1. The lowest BCUT2D eigenvalue weighted by atomic mass is 10.2. The summed E-state index contributed by atoms with van der Waals surface area (Å²) in [7, 11) is 1.56. The Balaban J connectivity index is 1.61. The van der Waals surface area contributed by atoms with E-state index < -0.39 is 11.7 Å². The number of halogens is 3. The Labute approximate surface area is 156 Å². The third kappa shape index (κ3) is 4.70. The highest BCUT2D eigenvalue weighted by atomic mass is 32.2. The topological polar surface area (TPSA) is 68.5 Å². The Morgan fingerprint density at radius 1 is 1.26 bits per heavy atom. The van der Waals surface area contributed by atoms with E-state index >= 15 is 0 Å². The lowest BCUT2D eigenvalue weighted by Gasteiger charge is -2.08. The number of amides is 1. The predicted octanol–water partition coefficient (Wildman–Crippen LogP) is 3.17. The molecule has 0 spiro atoms. The molecule has 27 heavy (non-hydrogen) atoms. The highest BCUT2D eigenvalue weighted by Crippen LogP contribution is 2.30. The molecule has 3 rings (SSSR count). The molecule has 0 unspecified atom stereocenters. The van der Waals surface area contributed by atoms with Crippen LogP contribution in [0.1, 0.15) is 11.1 Å². The highest BCUT2D eigenvalue weighted by Gasteiger charge is 2.31. The van der Waals surface area contributed by atoms with E-state index in [1.807, 2.05) is 12.1 Å². The van der Waals surface area contributed by atoms with Crippen molar-refractivity contribution < 1.29 is 22.7 Å². The molecule has 2 aromatic heterocycles. The van der Waals surface area contributed by atoms with Crippen molar-refractivity contribution in [3.05, 3.63) is 53.7 Å². The van der Waals surface area contributed by atoms with Gasteiger partial charge in [0.2, 0.25) is 5.91 Å². The number of pyridine rings is 1. The van der Waals surface area contributed by atoms with E-state index in [1.165, 1.54) is 10.5 Å². The smallest absolute Gasteiger partial charge is 0.417 e. The Morgan fingerprint density at radius 3 is 2.81 bits per heavy atom. The van der Waals surface area contributed by atoms with Gasteiger partial charge in [-0.3, -0.25) is 9.20 Å². The zero-order valence-electron chi connectivity index (χ0n) is 14.2. The molecule has 0 radical (unpaired) electrons. The molecule has 6 nitrogen and oxygen atoms in total. The summed E-state index contributed by atoms with van der Waals surface area (Å²) in [5.41, 5.74) is 0.344. The molecule has 10 heteroatoms. The first-order valence-electron chi connectivity index (χ1n) is 7.81. The van der Waals surface area contributed by atoms with Crippen LogP contribution in [-0.2, 0) is 17.5 Å². The van der Waals surface area contributed by atoms with Crippen molar-refractivity contribution in [1.29, 1.82) is 0 Å². The summed E-state index contributed by atoms with van der Waals surface area (Å²) in [5, 5.41) is 10.6.